The third-order valence-corrected chi connectivity index (χ3v) is 7.75. The van der Waals surface area contributed by atoms with Crippen LogP contribution in [0.25, 0.3) is 0 Å². The van der Waals surface area contributed by atoms with Crippen LogP contribution in [0.1, 0.15) is 12.0 Å². The lowest BCUT2D eigenvalue weighted by Gasteiger charge is -2.26. The maximum absolute atomic E-state index is 13.3. The number of esters is 1. The Hall–Kier alpha value is -3.16. The predicted octanol–water partition coefficient (Wildman–Crippen LogP) is 3.89. The van der Waals surface area contributed by atoms with Gasteiger partial charge in [0.25, 0.3) is 5.91 Å². The van der Waals surface area contributed by atoms with Crippen LogP contribution in [0.15, 0.2) is 60.7 Å². The van der Waals surface area contributed by atoms with Gasteiger partial charge in [0.1, 0.15) is 6.04 Å². The standard InChI is InChI=1S/C26H22Cl2N2O5/c27-17-7-4-8-18(23(17)28)29-20(31)13-35-26(34)19(11-14-5-2-1-3-6-14)30-24(32)21-15-9-10-16(12-15)22(21)25(30)33/h1-10,15-16,19,21-22H,11-13H2,(H,29,31)/t15-,16-,19-,21-,22-/m0/s1. The Morgan fingerprint density at radius 2 is 1.63 bits per heavy atom. The van der Waals surface area contributed by atoms with Crippen molar-refractivity contribution >= 4 is 52.6 Å². The van der Waals surface area contributed by atoms with Crippen molar-refractivity contribution in [2.45, 2.75) is 18.9 Å². The topological polar surface area (TPSA) is 92.8 Å². The van der Waals surface area contributed by atoms with E-state index in [0.29, 0.717) is 0 Å². The van der Waals surface area contributed by atoms with E-state index in [1.807, 2.05) is 42.5 Å². The van der Waals surface area contributed by atoms with Gasteiger partial charge in [0.2, 0.25) is 11.8 Å². The van der Waals surface area contributed by atoms with Crippen molar-refractivity contribution in [3.63, 3.8) is 0 Å². The Morgan fingerprint density at radius 1 is 0.971 bits per heavy atom. The summed E-state index contributed by atoms with van der Waals surface area (Å²) in [6.45, 7) is -0.608. The number of halogens is 2. The van der Waals surface area contributed by atoms with E-state index in [1.165, 1.54) is 0 Å². The van der Waals surface area contributed by atoms with Gasteiger partial charge in [-0.15, -0.1) is 0 Å². The molecule has 3 amide bonds. The summed E-state index contributed by atoms with van der Waals surface area (Å²) in [6, 6.07) is 12.7. The van der Waals surface area contributed by atoms with E-state index in [-0.39, 0.29) is 45.8 Å². The molecule has 2 bridgehead atoms. The van der Waals surface area contributed by atoms with E-state index >= 15 is 0 Å². The molecular formula is C26H22Cl2N2O5. The summed E-state index contributed by atoms with van der Waals surface area (Å²) in [5.74, 6) is -2.95. The lowest BCUT2D eigenvalue weighted by molar-refractivity contribution is -0.160. The summed E-state index contributed by atoms with van der Waals surface area (Å²) >= 11 is 12.1. The summed E-state index contributed by atoms with van der Waals surface area (Å²) in [7, 11) is 0. The van der Waals surface area contributed by atoms with Gasteiger partial charge in [0, 0.05) is 6.42 Å². The Kier molecular flexibility index (Phi) is 6.38. The highest BCUT2D eigenvalue weighted by Crippen LogP contribution is 2.53. The average Bonchev–Trinajstić information content (AvgIpc) is 3.53. The van der Waals surface area contributed by atoms with Crippen LogP contribution in [0.3, 0.4) is 0 Å². The van der Waals surface area contributed by atoms with E-state index in [4.69, 9.17) is 27.9 Å². The molecule has 1 heterocycles. The second-order valence-corrected chi connectivity index (χ2v) is 9.79. The van der Waals surface area contributed by atoms with Crippen molar-refractivity contribution in [2.75, 3.05) is 11.9 Å². The number of ether oxygens (including phenoxy) is 1. The second-order valence-electron chi connectivity index (χ2n) is 9.01. The van der Waals surface area contributed by atoms with Crippen molar-refractivity contribution < 1.29 is 23.9 Å². The van der Waals surface area contributed by atoms with Gasteiger partial charge < -0.3 is 10.1 Å². The van der Waals surface area contributed by atoms with E-state index in [9.17, 15) is 19.2 Å². The maximum Gasteiger partial charge on any atom is 0.330 e. The molecule has 9 heteroatoms. The Balaban J connectivity index is 1.32. The number of anilines is 1. The lowest BCUT2D eigenvalue weighted by atomic mass is 9.85. The van der Waals surface area contributed by atoms with Crippen LogP contribution < -0.4 is 5.32 Å². The number of benzene rings is 2. The minimum absolute atomic E-state index is 0.0214. The fraction of sp³-hybridized carbons (Fsp3) is 0.308. The van der Waals surface area contributed by atoms with Crippen LogP contribution >= 0.6 is 23.2 Å². The average molecular weight is 513 g/mol. The van der Waals surface area contributed by atoms with Crippen LogP contribution in [0.5, 0.6) is 0 Å². The van der Waals surface area contributed by atoms with Crippen molar-refractivity contribution in [3.05, 3.63) is 76.3 Å². The molecule has 2 aromatic rings. The molecule has 2 aromatic carbocycles. The number of allylic oxidation sites excluding steroid dienone is 2. The second kappa shape index (κ2) is 9.47. The number of fused-ring (bicyclic) bond motifs is 5. The molecule has 0 spiro atoms. The van der Waals surface area contributed by atoms with Gasteiger partial charge in [-0.05, 0) is 36.0 Å². The Labute approximate surface area is 212 Å². The van der Waals surface area contributed by atoms with Crippen molar-refractivity contribution in [3.8, 4) is 0 Å². The fourth-order valence-corrected chi connectivity index (χ4v) is 5.72. The summed E-state index contributed by atoms with van der Waals surface area (Å²) in [6.07, 6.45) is 4.88. The van der Waals surface area contributed by atoms with Crippen LogP contribution in [-0.2, 0) is 30.3 Å². The molecule has 2 aliphatic carbocycles. The molecule has 1 saturated carbocycles. The normalized spacial score (nSPS) is 25.0. The van der Waals surface area contributed by atoms with E-state index in [2.05, 4.69) is 5.32 Å². The number of carbonyl (C=O) groups is 4. The molecule has 0 unspecified atom stereocenters. The number of amides is 3. The number of nitrogens with zero attached hydrogens (tertiary/aromatic N) is 1. The first-order chi connectivity index (χ1) is 16.8. The van der Waals surface area contributed by atoms with E-state index in [0.717, 1.165) is 16.9 Å². The number of hydrogen-bond acceptors (Lipinski definition) is 5. The number of hydrogen-bond donors (Lipinski definition) is 1. The zero-order chi connectivity index (χ0) is 24.7. The summed E-state index contributed by atoms with van der Waals surface area (Å²) in [5.41, 5.74) is 1.05. The highest BCUT2D eigenvalue weighted by molar-refractivity contribution is 6.44. The molecule has 3 aliphatic rings. The smallest absolute Gasteiger partial charge is 0.330 e. The maximum atomic E-state index is 13.3. The van der Waals surface area contributed by atoms with Crippen LogP contribution in [0, 0.1) is 23.7 Å². The van der Waals surface area contributed by atoms with E-state index < -0.39 is 36.4 Å². The van der Waals surface area contributed by atoms with Crippen molar-refractivity contribution in [2.24, 2.45) is 23.7 Å². The molecule has 1 N–H and O–H groups in total. The highest BCUT2D eigenvalue weighted by Gasteiger charge is 2.61. The number of nitrogens with one attached hydrogen (secondary N) is 1. The first kappa shape index (κ1) is 23.6. The molecular weight excluding hydrogens is 491 g/mol. The fourth-order valence-electron chi connectivity index (χ4n) is 5.37. The first-order valence-corrected chi connectivity index (χ1v) is 12.1. The lowest BCUT2D eigenvalue weighted by Crippen LogP contribution is -2.48. The van der Waals surface area contributed by atoms with Gasteiger partial charge in [-0.25, -0.2) is 4.79 Å². The molecule has 35 heavy (non-hydrogen) atoms. The molecule has 0 aromatic heterocycles. The van der Waals surface area contributed by atoms with E-state index in [1.54, 1.807) is 18.2 Å². The van der Waals surface area contributed by atoms with Crippen molar-refractivity contribution in [1.82, 2.24) is 4.90 Å². The predicted molar refractivity (Wildman–Crippen MR) is 130 cm³/mol. The van der Waals surface area contributed by atoms with Gasteiger partial charge in [0.05, 0.1) is 27.6 Å². The van der Waals surface area contributed by atoms with Gasteiger partial charge >= 0.3 is 5.97 Å². The molecule has 180 valence electrons. The van der Waals surface area contributed by atoms with Crippen LogP contribution in [-0.4, -0.2) is 41.2 Å². The summed E-state index contributed by atoms with van der Waals surface area (Å²) in [4.78, 5) is 53.3. The number of imide groups is 1. The van der Waals surface area contributed by atoms with Crippen molar-refractivity contribution in [1.29, 1.82) is 0 Å². The first-order valence-electron chi connectivity index (χ1n) is 11.3. The van der Waals surface area contributed by atoms with Gasteiger partial charge in [-0.2, -0.15) is 0 Å². The number of carbonyl (C=O) groups excluding carboxylic acids is 4. The van der Waals surface area contributed by atoms with Crippen LogP contribution in [0.2, 0.25) is 10.0 Å². The molecule has 0 radical (unpaired) electrons. The van der Waals surface area contributed by atoms with Crippen LogP contribution in [0.4, 0.5) is 5.69 Å². The molecule has 5 atom stereocenters. The highest BCUT2D eigenvalue weighted by atomic mass is 35.5. The summed E-state index contributed by atoms with van der Waals surface area (Å²) < 4.78 is 5.29. The summed E-state index contributed by atoms with van der Waals surface area (Å²) in [5, 5.41) is 2.98. The molecule has 1 saturated heterocycles. The zero-order valence-corrected chi connectivity index (χ0v) is 20.0. The Bertz CT molecular complexity index is 1200. The molecule has 7 nitrogen and oxygen atoms in total. The zero-order valence-electron chi connectivity index (χ0n) is 18.5. The van der Waals surface area contributed by atoms with Gasteiger partial charge in [-0.1, -0.05) is 71.8 Å². The third kappa shape index (κ3) is 4.34. The monoisotopic (exact) mass is 512 g/mol. The number of likely N-dealkylation sites (tertiary alicyclic amines) is 1. The quantitative estimate of drug-likeness (QED) is 0.345. The minimum atomic E-state index is -1.16. The SMILES string of the molecule is O=C(COC(=O)[C@H](Cc1ccccc1)N1C(=O)[C@@H]2[C@@H](C1=O)[C@H]1C=C[C@H]2C1)Nc1cccc(Cl)c1Cl. The van der Waals surface area contributed by atoms with Gasteiger partial charge in [-0.3, -0.25) is 19.3 Å². The molecule has 5 rings (SSSR count). The largest absolute Gasteiger partial charge is 0.454 e. The molecule has 2 fully saturated rings. The third-order valence-electron chi connectivity index (χ3n) is 6.93. The van der Waals surface area contributed by atoms with Gasteiger partial charge in [0.15, 0.2) is 6.61 Å². The minimum Gasteiger partial charge on any atom is -0.454 e. The Morgan fingerprint density at radius 3 is 2.29 bits per heavy atom. The molecule has 1 aliphatic heterocycles. The number of rotatable bonds is 7.